The molecule has 2 saturated heterocycles. The average molecular weight is 630 g/mol. The molecular formula is C34H47NO8S. The Morgan fingerprint density at radius 3 is 2.52 bits per heavy atom. The van der Waals surface area contributed by atoms with Gasteiger partial charge in [-0.3, -0.25) is 19.2 Å². The topological polar surface area (TPSA) is 124 Å². The summed E-state index contributed by atoms with van der Waals surface area (Å²) < 4.78 is 24.0. The number of ketones is 2. The van der Waals surface area contributed by atoms with Crippen LogP contribution in [-0.2, 0) is 38.1 Å². The SMILES string of the molecule is CO[C@@H]1[C@H](OC(=O)CC(=O)CSc2cccc(NC(=O)CCC(=O)C(C)(C)C)c2)CC[C@]2(CO2)[C@H]1[C@@]1(C)O[C@@H]1CC=C(C)C. The van der Waals surface area contributed by atoms with Crippen molar-refractivity contribution in [3.05, 3.63) is 35.9 Å². The number of allylic oxidation sites excluding steroid dienone is 1. The van der Waals surface area contributed by atoms with E-state index in [2.05, 4.69) is 32.2 Å². The molecule has 1 aromatic rings. The summed E-state index contributed by atoms with van der Waals surface area (Å²) in [6.07, 6.45) is 3.45. The molecule has 1 saturated carbocycles. The Morgan fingerprint density at radius 2 is 1.89 bits per heavy atom. The maximum absolute atomic E-state index is 12.9. The largest absolute Gasteiger partial charge is 0.459 e. The van der Waals surface area contributed by atoms with Gasteiger partial charge in [-0.15, -0.1) is 11.8 Å². The molecule has 4 rings (SSSR count). The molecule has 2 aliphatic heterocycles. The first-order chi connectivity index (χ1) is 20.7. The number of hydrogen-bond acceptors (Lipinski definition) is 9. The number of thioether (sulfide) groups is 1. The summed E-state index contributed by atoms with van der Waals surface area (Å²) in [6.45, 7) is 12.4. The minimum absolute atomic E-state index is 0.0332. The molecule has 242 valence electrons. The van der Waals surface area contributed by atoms with Crippen molar-refractivity contribution in [1.29, 1.82) is 0 Å². The molecule has 0 aromatic heterocycles. The van der Waals surface area contributed by atoms with Crippen LogP contribution in [0.25, 0.3) is 0 Å². The lowest BCUT2D eigenvalue weighted by Gasteiger charge is -2.42. The van der Waals surface area contributed by atoms with Crippen molar-refractivity contribution in [3.8, 4) is 0 Å². The molecule has 10 heteroatoms. The van der Waals surface area contributed by atoms with Crippen molar-refractivity contribution in [2.75, 3.05) is 24.8 Å². The summed E-state index contributed by atoms with van der Waals surface area (Å²) in [6, 6.07) is 7.14. The lowest BCUT2D eigenvalue weighted by atomic mass is 9.68. The van der Waals surface area contributed by atoms with Gasteiger partial charge in [0.2, 0.25) is 5.91 Å². The highest BCUT2D eigenvalue weighted by Crippen LogP contribution is 2.59. The van der Waals surface area contributed by atoms with Crippen LogP contribution in [0, 0.1) is 11.3 Å². The smallest absolute Gasteiger partial charge is 0.313 e. The van der Waals surface area contributed by atoms with Gasteiger partial charge in [0.05, 0.1) is 24.4 Å². The number of ether oxygens (including phenoxy) is 4. The molecule has 1 spiro atoms. The number of anilines is 1. The Balaban J connectivity index is 1.26. The Labute approximate surface area is 265 Å². The molecule has 1 aromatic carbocycles. The number of amides is 1. The van der Waals surface area contributed by atoms with Gasteiger partial charge >= 0.3 is 5.97 Å². The summed E-state index contributed by atoms with van der Waals surface area (Å²) in [5, 5.41) is 2.81. The van der Waals surface area contributed by atoms with Gasteiger partial charge in [0.1, 0.15) is 35.6 Å². The molecule has 9 nitrogen and oxygen atoms in total. The second kappa shape index (κ2) is 13.8. The lowest BCUT2D eigenvalue weighted by Crippen LogP contribution is -2.55. The van der Waals surface area contributed by atoms with E-state index in [0.717, 1.165) is 17.7 Å². The van der Waals surface area contributed by atoms with Crippen molar-refractivity contribution in [3.63, 3.8) is 0 Å². The number of hydrogen-bond donors (Lipinski definition) is 1. The zero-order chi connectivity index (χ0) is 32.3. The third kappa shape index (κ3) is 8.59. The molecule has 0 radical (unpaired) electrons. The number of epoxide rings is 2. The van der Waals surface area contributed by atoms with Crippen LogP contribution in [0.1, 0.15) is 80.1 Å². The Bertz CT molecular complexity index is 1280. The summed E-state index contributed by atoms with van der Waals surface area (Å²) in [7, 11) is 1.63. The van der Waals surface area contributed by atoms with E-state index in [9.17, 15) is 19.2 Å². The van der Waals surface area contributed by atoms with E-state index in [-0.39, 0.29) is 60.1 Å². The first-order valence-corrected chi connectivity index (χ1v) is 16.4. The summed E-state index contributed by atoms with van der Waals surface area (Å²) >= 11 is 1.29. The van der Waals surface area contributed by atoms with Gasteiger partial charge in [0.15, 0.2) is 5.78 Å². The van der Waals surface area contributed by atoms with Crippen LogP contribution in [-0.4, -0.2) is 72.4 Å². The van der Waals surface area contributed by atoms with Crippen molar-refractivity contribution in [2.24, 2.45) is 11.3 Å². The summed E-state index contributed by atoms with van der Waals surface area (Å²) in [4.78, 5) is 50.8. The van der Waals surface area contributed by atoms with E-state index in [0.29, 0.717) is 18.7 Å². The number of methoxy groups -OCH3 is 1. The normalized spacial score (nSPS) is 29.1. The third-order valence-electron chi connectivity index (χ3n) is 8.79. The number of carbonyl (C=O) groups excluding carboxylic acids is 4. The van der Waals surface area contributed by atoms with E-state index >= 15 is 0 Å². The van der Waals surface area contributed by atoms with E-state index in [1.165, 1.54) is 17.3 Å². The molecule has 1 N–H and O–H groups in total. The van der Waals surface area contributed by atoms with Crippen molar-refractivity contribution in [1.82, 2.24) is 0 Å². The minimum atomic E-state index is -0.567. The van der Waals surface area contributed by atoms with Crippen LogP contribution in [0.5, 0.6) is 0 Å². The molecule has 0 unspecified atom stereocenters. The van der Waals surface area contributed by atoms with Gasteiger partial charge in [0.25, 0.3) is 0 Å². The number of benzene rings is 1. The molecular weight excluding hydrogens is 582 g/mol. The quantitative estimate of drug-likeness (QED) is 0.0909. The predicted molar refractivity (Wildman–Crippen MR) is 169 cm³/mol. The van der Waals surface area contributed by atoms with Gasteiger partial charge in [0, 0.05) is 35.9 Å². The van der Waals surface area contributed by atoms with Crippen LogP contribution in [0.15, 0.2) is 40.8 Å². The fourth-order valence-electron chi connectivity index (χ4n) is 6.15. The second-order valence-corrected chi connectivity index (χ2v) is 14.7. The highest BCUT2D eigenvalue weighted by Gasteiger charge is 2.72. The number of nitrogens with one attached hydrogen (secondary N) is 1. The van der Waals surface area contributed by atoms with Gasteiger partial charge < -0.3 is 24.3 Å². The van der Waals surface area contributed by atoms with Crippen LogP contribution < -0.4 is 5.32 Å². The van der Waals surface area contributed by atoms with Crippen molar-refractivity contribution < 1.29 is 38.1 Å². The fraction of sp³-hybridized carbons (Fsp3) is 0.647. The standard InChI is InChI=1S/C34H47NO8S/c1-21(2)11-13-27-33(6,43-27)31-30(40-7)25(15-16-34(31)20-41-34)42-29(39)18-23(36)19-44-24-10-8-9-22(17-24)35-28(38)14-12-26(37)32(3,4)5/h8-11,17,25,27,30-31H,12-16,18-20H2,1-7H3,(H,35,38)/t25-,27-,30-,31-,33+,34+/m1/s1. The van der Waals surface area contributed by atoms with E-state index < -0.39 is 29.2 Å². The monoisotopic (exact) mass is 629 g/mol. The number of esters is 1. The molecule has 6 atom stereocenters. The Morgan fingerprint density at radius 1 is 1.16 bits per heavy atom. The maximum Gasteiger partial charge on any atom is 0.313 e. The van der Waals surface area contributed by atoms with Gasteiger partial charge in [-0.2, -0.15) is 0 Å². The zero-order valence-electron chi connectivity index (χ0n) is 27.0. The number of carbonyl (C=O) groups is 4. The summed E-state index contributed by atoms with van der Waals surface area (Å²) in [5.74, 6) is -1.03. The van der Waals surface area contributed by atoms with E-state index in [1.54, 1.807) is 25.3 Å². The van der Waals surface area contributed by atoms with Crippen molar-refractivity contribution >= 4 is 40.9 Å². The Hall–Kier alpha value is -2.53. The summed E-state index contributed by atoms with van der Waals surface area (Å²) in [5.41, 5.74) is 0.595. The zero-order valence-corrected chi connectivity index (χ0v) is 27.8. The molecule has 44 heavy (non-hydrogen) atoms. The van der Waals surface area contributed by atoms with Gasteiger partial charge in [-0.1, -0.05) is 38.5 Å². The molecule has 3 fully saturated rings. The van der Waals surface area contributed by atoms with Crippen molar-refractivity contribution in [2.45, 2.75) is 114 Å². The average Bonchev–Trinajstić information content (AvgIpc) is 3.86. The number of Topliss-reactive ketones (excluding diaryl/α,β-unsaturated/α-hetero) is 2. The van der Waals surface area contributed by atoms with Gasteiger partial charge in [-0.25, -0.2) is 0 Å². The molecule has 0 bridgehead atoms. The fourth-order valence-corrected chi connectivity index (χ4v) is 6.96. The number of rotatable bonds is 14. The van der Waals surface area contributed by atoms with Crippen LogP contribution in [0.3, 0.4) is 0 Å². The van der Waals surface area contributed by atoms with Gasteiger partial charge in [-0.05, 0) is 58.2 Å². The van der Waals surface area contributed by atoms with E-state index in [1.807, 2.05) is 26.8 Å². The molecule has 1 aliphatic carbocycles. The molecule has 1 amide bonds. The Kier molecular flexibility index (Phi) is 10.8. The highest BCUT2D eigenvalue weighted by molar-refractivity contribution is 8.00. The van der Waals surface area contributed by atoms with Crippen LogP contribution >= 0.6 is 11.8 Å². The molecule has 3 aliphatic rings. The van der Waals surface area contributed by atoms with E-state index in [4.69, 9.17) is 18.9 Å². The van der Waals surface area contributed by atoms with Crippen LogP contribution in [0.2, 0.25) is 0 Å². The highest BCUT2D eigenvalue weighted by atomic mass is 32.2. The van der Waals surface area contributed by atoms with Crippen LogP contribution in [0.4, 0.5) is 5.69 Å². The lowest BCUT2D eigenvalue weighted by molar-refractivity contribution is -0.172. The second-order valence-electron chi connectivity index (χ2n) is 13.7. The minimum Gasteiger partial charge on any atom is -0.459 e. The first kappa shape index (κ1) is 34.3. The predicted octanol–water partition coefficient (Wildman–Crippen LogP) is 5.69. The third-order valence-corrected chi connectivity index (χ3v) is 9.85. The molecule has 2 heterocycles. The first-order valence-electron chi connectivity index (χ1n) is 15.4. The maximum atomic E-state index is 12.9.